The summed E-state index contributed by atoms with van der Waals surface area (Å²) < 4.78 is 67.6. The van der Waals surface area contributed by atoms with E-state index in [-0.39, 0.29) is 11.3 Å². The van der Waals surface area contributed by atoms with Crippen LogP contribution in [-0.2, 0) is 10.0 Å². The zero-order valence-corrected chi connectivity index (χ0v) is 13.6. The molecule has 2 rings (SSSR count). The third-order valence-electron chi connectivity index (χ3n) is 3.12. The third kappa shape index (κ3) is 4.63. The minimum Gasteiger partial charge on any atom is -0.406 e. The molecule has 0 aliphatic carbocycles. The highest BCUT2D eigenvalue weighted by Gasteiger charge is 2.31. The van der Waals surface area contributed by atoms with Crippen molar-refractivity contribution in [3.63, 3.8) is 0 Å². The summed E-state index contributed by atoms with van der Waals surface area (Å²) in [6, 6.07) is 8.28. The van der Waals surface area contributed by atoms with Crippen molar-refractivity contribution in [2.75, 3.05) is 4.72 Å². The summed E-state index contributed by atoms with van der Waals surface area (Å²) in [6.07, 6.45) is -4.95. The van der Waals surface area contributed by atoms with E-state index in [9.17, 15) is 26.4 Å². The van der Waals surface area contributed by atoms with Gasteiger partial charge < -0.3 is 10.5 Å². The second-order valence-corrected chi connectivity index (χ2v) is 6.67. The van der Waals surface area contributed by atoms with Gasteiger partial charge in [0.05, 0.1) is 16.1 Å². The number of hydrogen-bond acceptors (Lipinski definition) is 4. The van der Waals surface area contributed by atoms with Crippen LogP contribution in [0, 0.1) is 6.92 Å². The highest BCUT2D eigenvalue weighted by atomic mass is 32.2. The molecular weight excluding hydrogens is 361 g/mol. The van der Waals surface area contributed by atoms with Crippen LogP contribution < -0.4 is 15.2 Å². The van der Waals surface area contributed by atoms with Crippen molar-refractivity contribution < 1.29 is 31.1 Å². The minimum absolute atomic E-state index is 0.0443. The zero-order chi connectivity index (χ0) is 18.8. The standard InChI is InChI=1S/C15H13F3N2O4S/c1-9-4-2-7-12(14(19)21)13(9)20-25(22,23)11-6-3-5-10(8-11)24-15(16,17)18/h2-8,20H,1H3,(H2,19,21). The number of halogens is 3. The number of carbonyl (C=O) groups excluding carboxylic acids is 1. The van der Waals surface area contributed by atoms with Crippen LogP contribution in [-0.4, -0.2) is 20.7 Å². The quantitative estimate of drug-likeness (QED) is 0.841. The maximum absolute atomic E-state index is 12.4. The summed E-state index contributed by atoms with van der Waals surface area (Å²) >= 11 is 0. The number of anilines is 1. The van der Waals surface area contributed by atoms with E-state index < -0.39 is 32.9 Å². The molecule has 10 heteroatoms. The van der Waals surface area contributed by atoms with Crippen molar-refractivity contribution >= 4 is 21.6 Å². The number of aryl methyl sites for hydroxylation is 1. The van der Waals surface area contributed by atoms with E-state index in [0.717, 1.165) is 24.3 Å². The fourth-order valence-corrected chi connectivity index (χ4v) is 3.23. The topological polar surface area (TPSA) is 98.5 Å². The number of alkyl halides is 3. The van der Waals surface area contributed by atoms with E-state index in [4.69, 9.17) is 5.73 Å². The number of sulfonamides is 1. The van der Waals surface area contributed by atoms with Gasteiger partial charge in [0.1, 0.15) is 5.75 Å². The van der Waals surface area contributed by atoms with Crippen LogP contribution in [0.5, 0.6) is 5.75 Å². The molecule has 0 spiro atoms. The average molecular weight is 374 g/mol. The van der Waals surface area contributed by atoms with Gasteiger partial charge in [-0.3, -0.25) is 9.52 Å². The van der Waals surface area contributed by atoms with E-state index >= 15 is 0 Å². The second-order valence-electron chi connectivity index (χ2n) is 4.99. The van der Waals surface area contributed by atoms with Crippen LogP contribution in [0.4, 0.5) is 18.9 Å². The summed E-state index contributed by atoms with van der Waals surface area (Å²) in [6.45, 7) is 1.55. The first-order valence-corrected chi connectivity index (χ1v) is 8.26. The zero-order valence-electron chi connectivity index (χ0n) is 12.8. The Balaban J connectivity index is 2.42. The lowest BCUT2D eigenvalue weighted by Gasteiger charge is -2.14. The molecule has 6 nitrogen and oxygen atoms in total. The molecule has 25 heavy (non-hydrogen) atoms. The lowest BCUT2D eigenvalue weighted by molar-refractivity contribution is -0.274. The Morgan fingerprint density at radius 1 is 1.16 bits per heavy atom. The molecule has 0 heterocycles. The molecule has 134 valence electrons. The molecule has 0 aromatic heterocycles. The van der Waals surface area contributed by atoms with Crippen molar-refractivity contribution in [2.24, 2.45) is 5.73 Å². The highest BCUT2D eigenvalue weighted by Crippen LogP contribution is 2.27. The number of benzene rings is 2. The number of nitrogens with two attached hydrogens (primary N) is 1. The fourth-order valence-electron chi connectivity index (χ4n) is 2.04. The van der Waals surface area contributed by atoms with Crippen LogP contribution in [0.2, 0.25) is 0 Å². The molecule has 0 fully saturated rings. The summed E-state index contributed by atoms with van der Waals surface area (Å²) in [4.78, 5) is 11.0. The van der Waals surface area contributed by atoms with E-state index in [1.165, 1.54) is 12.1 Å². The van der Waals surface area contributed by atoms with Gasteiger partial charge in [0, 0.05) is 6.07 Å². The molecule has 2 aromatic carbocycles. The molecule has 0 atom stereocenters. The lowest BCUT2D eigenvalue weighted by atomic mass is 10.1. The molecule has 0 aliphatic heterocycles. The van der Waals surface area contributed by atoms with Gasteiger partial charge in [-0.25, -0.2) is 8.42 Å². The molecule has 0 bridgehead atoms. The van der Waals surface area contributed by atoms with Crippen molar-refractivity contribution in [1.29, 1.82) is 0 Å². The first-order valence-electron chi connectivity index (χ1n) is 6.77. The van der Waals surface area contributed by atoms with E-state index in [1.807, 2.05) is 0 Å². The van der Waals surface area contributed by atoms with Crippen LogP contribution in [0.15, 0.2) is 47.4 Å². The average Bonchev–Trinajstić information content (AvgIpc) is 2.47. The fraction of sp³-hybridized carbons (Fsp3) is 0.133. The molecule has 0 saturated carbocycles. The van der Waals surface area contributed by atoms with Gasteiger partial charge in [-0.05, 0) is 30.7 Å². The van der Waals surface area contributed by atoms with Gasteiger partial charge >= 0.3 is 6.36 Å². The number of para-hydroxylation sites is 1. The summed E-state index contributed by atoms with van der Waals surface area (Å²) in [5, 5.41) is 0. The van der Waals surface area contributed by atoms with Crippen LogP contribution in [0.25, 0.3) is 0 Å². The number of amides is 1. The van der Waals surface area contributed by atoms with Gasteiger partial charge in [-0.15, -0.1) is 13.2 Å². The minimum atomic E-state index is -4.95. The summed E-state index contributed by atoms with van der Waals surface area (Å²) in [7, 11) is -4.28. The predicted molar refractivity (Wildman–Crippen MR) is 83.6 cm³/mol. The summed E-state index contributed by atoms with van der Waals surface area (Å²) in [5.41, 5.74) is 5.53. The maximum Gasteiger partial charge on any atom is 0.573 e. The Morgan fingerprint density at radius 3 is 2.40 bits per heavy atom. The van der Waals surface area contributed by atoms with Gasteiger partial charge in [0.15, 0.2) is 0 Å². The van der Waals surface area contributed by atoms with Crippen molar-refractivity contribution in [1.82, 2.24) is 0 Å². The van der Waals surface area contributed by atoms with Crippen molar-refractivity contribution in [3.05, 3.63) is 53.6 Å². The second kappa shape index (κ2) is 6.63. The van der Waals surface area contributed by atoms with Crippen LogP contribution >= 0.6 is 0 Å². The van der Waals surface area contributed by atoms with E-state index in [2.05, 4.69) is 9.46 Å². The Labute approximate surface area is 141 Å². The molecule has 0 unspecified atom stereocenters. The first-order chi connectivity index (χ1) is 11.5. The number of carbonyl (C=O) groups is 1. The van der Waals surface area contributed by atoms with Gasteiger partial charge in [-0.1, -0.05) is 18.2 Å². The summed E-state index contributed by atoms with van der Waals surface area (Å²) in [5.74, 6) is -1.54. The normalized spacial score (nSPS) is 11.8. The van der Waals surface area contributed by atoms with Gasteiger partial charge in [-0.2, -0.15) is 0 Å². The van der Waals surface area contributed by atoms with Gasteiger partial charge in [0.25, 0.3) is 15.9 Å². The Hall–Kier alpha value is -2.75. The SMILES string of the molecule is Cc1cccc(C(N)=O)c1NS(=O)(=O)c1cccc(OC(F)(F)F)c1. The third-order valence-corrected chi connectivity index (χ3v) is 4.47. The molecule has 0 saturated heterocycles. The predicted octanol–water partition coefficient (Wildman–Crippen LogP) is 2.79. The maximum atomic E-state index is 12.4. The largest absolute Gasteiger partial charge is 0.573 e. The van der Waals surface area contributed by atoms with Crippen molar-refractivity contribution in [3.8, 4) is 5.75 Å². The highest BCUT2D eigenvalue weighted by molar-refractivity contribution is 7.92. The molecule has 3 N–H and O–H groups in total. The number of primary amides is 1. The van der Waals surface area contributed by atoms with Crippen molar-refractivity contribution in [2.45, 2.75) is 18.2 Å². The van der Waals surface area contributed by atoms with E-state index in [0.29, 0.717) is 5.56 Å². The van der Waals surface area contributed by atoms with Crippen LogP contribution in [0.1, 0.15) is 15.9 Å². The first kappa shape index (κ1) is 18.6. The molecule has 2 aromatic rings. The van der Waals surface area contributed by atoms with Gasteiger partial charge in [0.2, 0.25) is 0 Å². The number of hydrogen-bond donors (Lipinski definition) is 2. The Kier molecular flexibility index (Phi) is 4.93. The Bertz CT molecular complexity index is 911. The number of rotatable bonds is 5. The molecule has 1 amide bonds. The smallest absolute Gasteiger partial charge is 0.406 e. The number of ether oxygens (including phenoxy) is 1. The monoisotopic (exact) mass is 374 g/mol. The number of nitrogens with one attached hydrogen (secondary N) is 1. The van der Waals surface area contributed by atoms with Crippen LogP contribution in [0.3, 0.4) is 0 Å². The molecule has 0 aliphatic rings. The van der Waals surface area contributed by atoms with E-state index in [1.54, 1.807) is 13.0 Å². The molecular formula is C15H13F3N2O4S. The Morgan fingerprint density at radius 2 is 1.80 bits per heavy atom. The lowest BCUT2D eigenvalue weighted by Crippen LogP contribution is -2.20. The molecule has 0 radical (unpaired) electrons.